The summed E-state index contributed by atoms with van der Waals surface area (Å²) >= 11 is 0. The highest BCUT2D eigenvalue weighted by Crippen LogP contribution is 2.30. The number of methoxy groups -OCH3 is 2. The molecule has 0 unspecified atom stereocenters. The maximum absolute atomic E-state index is 12.8. The van der Waals surface area contributed by atoms with Crippen molar-refractivity contribution in [2.75, 3.05) is 19.5 Å². The number of ketones is 1. The molecule has 148 valence electrons. The van der Waals surface area contributed by atoms with Crippen molar-refractivity contribution in [3.05, 3.63) is 89.5 Å². The third-order valence-electron chi connectivity index (χ3n) is 4.74. The van der Waals surface area contributed by atoms with Crippen LogP contribution in [0, 0.1) is 0 Å². The molecule has 0 aromatic heterocycles. The summed E-state index contributed by atoms with van der Waals surface area (Å²) < 4.78 is 10.5. The average Bonchev–Trinajstić information content (AvgIpc) is 2.78. The molecule has 5 heteroatoms. The maximum atomic E-state index is 12.8. The Morgan fingerprint density at radius 3 is 2.24 bits per heavy atom. The van der Waals surface area contributed by atoms with Crippen molar-refractivity contribution in [2.45, 2.75) is 12.8 Å². The topological polar surface area (TPSA) is 64.6 Å². The van der Waals surface area contributed by atoms with E-state index >= 15 is 0 Å². The smallest absolute Gasteiger partial charge is 0.231 e. The van der Waals surface area contributed by atoms with E-state index in [1.165, 1.54) is 7.11 Å². The van der Waals surface area contributed by atoms with Crippen LogP contribution in [0.4, 0.5) is 5.69 Å². The molecule has 3 aromatic rings. The molecule has 29 heavy (non-hydrogen) atoms. The molecule has 1 atom stereocenters. The SMILES string of the molecule is COc1ccc(NC(=O)[C@H](C)c2cccc(C(=O)c3ccccc3)c2)c(OC)c1. The Morgan fingerprint density at radius 2 is 1.55 bits per heavy atom. The lowest BCUT2D eigenvalue weighted by Gasteiger charge is -2.16. The highest BCUT2D eigenvalue weighted by atomic mass is 16.5. The molecule has 0 saturated heterocycles. The van der Waals surface area contributed by atoms with E-state index in [4.69, 9.17) is 9.47 Å². The Kier molecular flexibility index (Phi) is 6.29. The molecular formula is C24H23NO4. The van der Waals surface area contributed by atoms with E-state index in [-0.39, 0.29) is 11.7 Å². The monoisotopic (exact) mass is 389 g/mol. The third kappa shape index (κ3) is 4.63. The van der Waals surface area contributed by atoms with E-state index in [9.17, 15) is 9.59 Å². The van der Waals surface area contributed by atoms with Crippen molar-refractivity contribution in [2.24, 2.45) is 0 Å². The second kappa shape index (κ2) is 9.06. The van der Waals surface area contributed by atoms with Gasteiger partial charge in [-0.25, -0.2) is 0 Å². The minimum Gasteiger partial charge on any atom is -0.497 e. The molecule has 1 amide bonds. The molecule has 3 aromatic carbocycles. The van der Waals surface area contributed by atoms with Crippen LogP contribution in [0.5, 0.6) is 11.5 Å². The number of ether oxygens (including phenoxy) is 2. The minimum absolute atomic E-state index is 0.0723. The van der Waals surface area contributed by atoms with Gasteiger partial charge in [0.05, 0.1) is 25.8 Å². The lowest BCUT2D eigenvalue weighted by molar-refractivity contribution is -0.117. The van der Waals surface area contributed by atoms with Crippen molar-refractivity contribution in [1.29, 1.82) is 0 Å². The normalized spacial score (nSPS) is 11.4. The number of hydrogen-bond donors (Lipinski definition) is 1. The summed E-state index contributed by atoms with van der Waals surface area (Å²) in [5, 5.41) is 2.89. The summed E-state index contributed by atoms with van der Waals surface area (Å²) in [7, 11) is 3.10. The van der Waals surface area contributed by atoms with Crippen LogP contribution in [0.25, 0.3) is 0 Å². The minimum atomic E-state index is -0.453. The Hall–Kier alpha value is -3.60. The number of rotatable bonds is 7. The predicted octanol–water partition coefficient (Wildman–Crippen LogP) is 4.68. The van der Waals surface area contributed by atoms with Gasteiger partial charge in [0.2, 0.25) is 5.91 Å². The fraction of sp³-hybridized carbons (Fsp3) is 0.167. The number of anilines is 1. The van der Waals surface area contributed by atoms with Gasteiger partial charge in [-0.3, -0.25) is 9.59 Å². The lowest BCUT2D eigenvalue weighted by atomic mass is 9.95. The van der Waals surface area contributed by atoms with E-state index in [0.29, 0.717) is 28.3 Å². The quantitative estimate of drug-likeness (QED) is 0.596. The number of carbonyl (C=O) groups is 2. The standard InChI is InChI=1S/C24H23NO4/c1-16(24(27)25-21-13-12-20(28-2)15-22(21)29-3)18-10-7-11-19(14-18)23(26)17-8-5-4-6-9-17/h4-16H,1-3H3,(H,25,27)/t16-/m1/s1. The van der Waals surface area contributed by atoms with Crippen LogP contribution in [0.15, 0.2) is 72.8 Å². The fourth-order valence-electron chi connectivity index (χ4n) is 3.00. The number of carbonyl (C=O) groups excluding carboxylic acids is 2. The van der Waals surface area contributed by atoms with Gasteiger partial charge in [0.1, 0.15) is 11.5 Å². The largest absolute Gasteiger partial charge is 0.497 e. The predicted molar refractivity (Wildman–Crippen MR) is 113 cm³/mol. The molecule has 0 spiro atoms. The van der Waals surface area contributed by atoms with Crippen molar-refractivity contribution in [1.82, 2.24) is 0 Å². The van der Waals surface area contributed by atoms with Crippen molar-refractivity contribution < 1.29 is 19.1 Å². The summed E-state index contributed by atoms with van der Waals surface area (Å²) in [6, 6.07) is 21.4. The summed E-state index contributed by atoms with van der Waals surface area (Å²) in [5.41, 5.74) is 2.48. The van der Waals surface area contributed by atoms with E-state index in [2.05, 4.69) is 5.32 Å². The van der Waals surface area contributed by atoms with Gasteiger partial charge < -0.3 is 14.8 Å². The van der Waals surface area contributed by atoms with Gasteiger partial charge >= 0.3 is 0 Å². The zero-order chi connectivity index (χ0) is 20.8. The molecule has 3 rings (SSSR count). The maximum Gasteiger partial charge on any atom is 0.231 e. The van der Waals surface area contributed by atoms with Crippen LogP contribution in [0.3, 0.4) is 0 Å². The highest BCUT2D eigenvalue weighted by Gasteiger charge is 2.19. The first kappa shape index (κ1) is 20.1. The number of nitrogens with one attached hydrogen (secondary N) is 1. The van der Waals surface area contributed by atoms with Crippen LogP contribution in [-0.4, -0.2) is 25.9 Å². The zero-order valence-corrected chi connectivity index (χ0v) is 16.6. The molecule has 5 nitrogen and oxygen atoms in total. The van der Waals surface area contributed by atoms with Crippen molar-refractivity contribution in [3.8, 4) is 11.5 Å². The molecule has 0 aliphatic carbocycles. The molecule has 0 aliphatic heterocycles. The van der Waals surface area contributed by atoms with E-state index < -0.39 is 5.92 Å². The first-order chi connectivity index (χ1) is 14.0. The second-order valence-corrected chi connectivity index (χ2v) is 6.60. The van der Waals surface area contributed by atoms with Gasteiger partial charge in [-0.2, -0.15) is 0 Å². The molecule has 0 bridgehead atoms. The first-order valence-electron chi connectivity index (χ1n) is 9.26. The Labute approximate surface area is 170 Å². The van der Waals surface area contributed by atoms with Crippen LogP contribution < -0.4 is 14.8 Å². The number of benzene rings is 3. The van der Waals surface area contributed by atoms with Crippen LogP contribution >= 0.6 is 0 Å². The Bertz CT molecular complexity index is 1010. The number of hydrogen-bond acceptors (Lipinski definition) is 4. The molecule has 0 aliphatic rings. The van der Waals surface area contributed by atoms with Gasteiger partial charge in [0.25, 0.3) is 0 Å². The highest BCUT2D eigenvalue weighted by molar-refractivity contribution is 6.09. The van der Waals surface area contributed by atoms with Gasteiger partial charge in [-0.15, -0.1) is 0 Å². The average molecular weight is 389 g/mol. The van der Waals surface area contributed by atoms with Crippen molar-refractivity contribution in [3.63, 3.8) is 0 Å². The van der Waals surface area contributed by atoms with Gasteiger partial charge in [0.15, 0.2) is 5.78 Å². The van der Waals surface area contributed by atoms with Crippen LogP contribution in [0.2, 0.25) is 0 Å². The zero-order valence-electron chi connectivity index (χ0n) is 16.6. The molecule has 0 radical (unpaired) electrons. The van der Waals surface area contributed by atoms with E-state index in [1.807, 2.05) is 24.3 Å². The van der Waals surface area contributed by atoms with Crippen molar-refractivity contribution >= 4 is 17.4 Å². The molecule has 0 saturated carbocycles. The summed E-state index contributed by atoms with van der Waals surface area (Å²) in [6.45, 7) is 1.80. The van der Waals surface area contributed by atoms with Gasteiger partial charge in [0, 0.05) is 17.2 Å². The Morgan fingerprint density at radius 1 is 0.828 bits per heavy atom. The number of amides is 1. The summed E-state index contributed by atoms with van der Waals surface area (Å²) in [4.78, 5) is 25.5. The molecule has 1 N–H and O–H groups in total. The van der Waals surface area contributed by atoms with Gasteiger partial charge in [-0.05, 0) is 30.7 Å². The van der Waals surface area contributed by atoms with E-state index in [0.717, 1.165) is 5.56 Å². The van der Waals surface area contributed by atoms with E-state index in [1.54, 1.807) is 62.6 Å². The second-order valence-electron chi connectivity index (χ2n) is 6.60. The molecule has 0 fully saturated rings. The summed E-state index contributed by atoms with van der Waals surface area (Å²) in [5.74, 6) is 0.429. The van der Waals surface area contributed by atoms with Crippen LogP contribution in [0.1, 0.15) is 34.3 Å². The Balaban J connectivity index is 1.79. The first-order valence-corrected chi connectivity index (χ1v) is 9.26. The third-order valence-corrected chi connectivity index (χ3v) is 4.74. The fourth-order valence-corrected chi connectivity index (χ4v) is 3.00. The van der Waals surface area contributed by atoms with Crippen LogP contribution in [-0.2, 0) is 4.79 Å². The summed E-state index contributed by atoms with van der Waals surface area (Å²) in [6.07, 6.45) is 0. The molecular weight excluding hydrogens is 366 g/mol. The lowest BCUT2D eigenvalue weighted by Crippen LogP contribution is -2.19. The molecule has 0 heterocycles. The van der Waals surface area contributed by atoms with Gasteiger partial charge in [-0.1, -0.05) is 48.5 Å².